The molecule has 6 heteroatoms. The molecular weight excluding hydrogens is 320 g/mol. The molecule has 3 rings (SSSR count). The number of fused-ring (bicyclic) bond motifs is 1. The number of hydrogen-bond acceptors (Lipinski definition) is 5. The minimum absolute atomic E-state index is 0.234. The fourth-order valence-electron chi connectivity index (χ4n) is 2.47. The van der Waals surface area contributed by atoms with E-state index in [0.717, 1.165) is 16.5 Å². The summed E-state index contributed by atoms with van der Waals surface area (Å²) >= 11 is 0. The van der Waals surface area contributed by atoms with Gasteiger partial charge in [0.25, 0.3) is 5.91 Å². The van der Waals surface area contributed by atoms with Gasteiger partial charge in [0, 0.05) is 36.5 Å². The standard InChI is InChI=1S/C19H18N2O4/c1-12-9-18(22)25-17-10-15(3-4-16(12)17)24-13(2)19(23)21-11-14-5-7-20-8-6-14/h3-10,13H,11H2,1-2H3,(H,21,23). The first kappa shape index (κ1) is 16.7. The maximum Gasteiger partial charge on any atom is 0.336 e. The summed E-state index contributed by atoms with van der Waals surface area (Å²) in [4.78, 5) is 27.6. The van der Waals surface area contributed by atoms with E-state index in [1.54, 1.807) is 31.5 Å². The van der Waals surface area contributed by atoms with Gasteiger partial charge in [-0.25, -0.2) is 4.79 Å². The number of rotatable bonds is 5. The van der Waals surface area contributed by atoms with Crippen LogP contribution in [0.1, 0.15) is 18.1 Å². The molecular formula is C19H18N2O4. The van der Waals surface area contributed by atoms with E-state index in [9.17, 15) is 9.59 Å². The molecule has 1 aromatic carbocycles. The lowest BCUT2D eigenvalue weighted by Gasteiger charge is -2.15. The van der Waals surface area contributed by atoms with Crippen molar-refractivity contribution in [2.24, 2.45) is 0 Å². The van der Waals surface area contributed by atoms with Crippen molar-refractivity contribution in [3.05, 3.63) is 70.3 Å². The second-order valence-corrected chi connectivity index (χ2v) is 5.74. The molecule has 1 atom stereocenters. The Morgan fingerprint density at radius 3 is 2.76 bits per heavy atom. The number of carbonyl (C=O) groups is 1. The number of pyridine rings is 1. The molecule has 0 saturated carbocycles. The van der Waals surface area contributed by atoms with Gasteiger partial charge in [0.15, 0.2) is 6.10 Å². The number of ether oxygens (including phenoxy) is 1. The summed E-state index contributed by atoms with van der Waals surface area (Å²) in [7, 11) is 0. The number of nitrogens with one attached hydrogen (secondary N) is 1. The molecule has 0 bridgehead atoms. The summed E-state index contributed by atoms with van der Waals surface area (Å²) in [6.45, 7) is 3.91. The maximum absolute atomic E-state index is 12.2. The molecule has 0 fully saturated rings. The predicted molar refractivity (Wildman–Crippen MR) is 93.4 cm³/mol. The monoisotopic (exact) mass is 338 g/mol. The number of aryl methyl sites for hydroxylation is 1. The van der Waals surface area contributed by atoms with Crippen LogP contribution in [0.5, 0.6) is 5.75 Å². The van der Waals surface area contributed by atoms with Crippen LogP contribution in [0.2, 0.25) is 0 Å². The average Bonchev–Trinajstić information content (AvgIpc) is 2.60. The topological polar surface area (TPSA) is 81.4 Å². The molecule has 0 aliphatic rings. The van der Waals surface area contributed by atoms with Crippen molar-refractivity contribution in [3.8, 4) is 5.75 Å². The van der Waals surface area contributed by atoms with Gasteiger partial charge in [0.1, 0.15) is 11.3 Å². The lowest BCUT2D eigenvalue weighted by molar-refractivity contribution is -0.127. The third-order valence-corrected chi connectivity index (χ3v) is 3.82. The number of benzene rings is 1. The van der Waals surface area contributed by atoms with Gasteiger partial charge in [-0.05, 0) is 49.2 Å². The zero-order valence-corrected chi connectivity index (χ0v) is 14.0. The highest BCUT2D eigenvalue weighted by Crippen LogP contribution is 2.23. The van der Waals surface area contributed by atoms with E-state index < -0.39 is 11.7 Å². The SMILES string of the molecule is Cc1cc(=O)oc2cc(OC(C)C(=O)NCc3ccncc3)ccc12. The summed E-state index contributed by atoms with van der Waals surface area (Å²) < 4.78 is 10.9. The van der Waals surface area contributed by atoms with Gasteiger partial charge in [-0.1, -0.05) is 0 Å². The molecule has 128 valence electrons. The van der Waals surface area contributed by atoms with Crippen LogP contribution in [0.3, 0.4) is 0 Å². The Kier molecular flexibility index (Phi) is 4.79. The number of nitrogens with zero attached hydrogens (tertiary/aromatic N) is 1. The Labute approximate surface area is 144 Å². The van der Waals surface area contributed by atoms with Gasteiger partial charge in [-0.3, -0.25) is 9.78 Å². The Morgan fingerprint density at radius 2 is 2.00 bits per heavy atom. The van der Waals surface area contributed by atoms with Crippen LogP contribution < -0.4 is 15.7 Å². The molecule has 2 aromatic heterocycles. The van der Waals surface area contributed by atoms with Gasteiger partial charge in [-0.2, -0.15) is 0 Å². The number of amides is 1. The first-order valence-corrected chi connectivity index (χ1v) is 7.91. The Hall–Kier alpha value is -3.15. The van der Waals surface area contributed by atoms with Crippen LogP contribution in [0.15, 0.2) is 58.0 Å². The van der Waals surface area contributed by atoms with Crippen LogP contribution in [0.25, 0.3) is 11.0 Å². The van der Waals surface area contributed by atoms with Crippen molar-refractivity contribution in [3.63, 3.8) is 0 Å². The largest absolute Gasteiger partial charge is 0.481 e. The molecule has 2 heterocycles. The van der Waals surface area contributed by atoms with E-state index in [2.05, 4.69) is 10.3 Å². The molecule has 1 N–H and O–H groups in total. The summed E-state index contributed by atoms with van der Waals surface area (Å²) in [5.41, 5.74) is 1.82. The van der Waals surface area contributed by atoms with Gasteiger partial charge < -0.3 is 14.5 Å². The summed E-state index contributed by atoms with van der Waals surface area (Å²) in [5.74, 6) is 0.232. The number of aromatic nitrogens is 1. The zero-order chi connectivity index (χ0) is 17.8. The highest BCUT2D eigenvalue weighted by atomic mass is 16.5. The van der Waals surface area contributed by atoms with E-state index in [0.29, 0.717) is 17.9 Å². The summed E-state index contributed by atoms with van der Waals surface area (Å²) in [6.07, 6.45) is 2.66. The summed E-state index contributed by atoms with van der Waals surface area (Å²) in [5, 5.41) is 3.64. The van der Waals surface area contributed by atoms with Gasteiger partial charge in [-0.15, -0.1) is 0 Å². The molecule has 25 heavy (non-hydrogen) atoms. The molecule has 0 aliphatic heterocycles. The molecule has 1 amide bonds. The molecule has 3 aromatic rings. The molecule has 0 saturated heterocycles. The van der Waals surface area contributed by atoms with Crippen molar-refractivity contribution in [1.82, 2.24) is 10.3 Å². The van der Waals surface area contributed by atoms with Crippen molar-refractivity contribution >= 4 is 16.9 Å². The number of hydrogen-bond donors (Lipinski definition) is 1. The quantitative estimate of drug-likeness (QED) is 0.723. The molecule has 0 aliphatic carbocycles. The lowest BCUT2D eigenvalue weighted by atomic mass is 10.1. The highest BCUT2D eigenvalue weighted by molar-refractivity contribution is 5.82. The van der Waals surface area contributed by atoms with Crippen LogP contribution in [-0.4, -0.2) is 17.0 Å². The van der Waals surface area contributed by atoms with E-state index in [1.165, 1.54) is 6.07 Å². The fourth-order valence-corrected chi connectivity index (χ4v) is 2.47. The van der Waals surface area contributed by atoms with Crippen molar-refractivity contribution in [1.29, 1.82) is 0 Å². The maximum atomic E-state index is 12.2. The molecule has 6 nitrogen and oxygen atoms in total. The van der Waals surface area contributed by atoms with E-state index >= 15 is 0 Å². The fraction of sp³-hybridized carbons (Fsp3) is 0.211. The smallest absolute Gasteiger partial charge is 0.336 e. The van der Waals surface area contributed by atoms with Crippen LogP contribution >= 0.6 is 0 Å². The molecule has 1 unspecified atom stereocenters. The lowest BCUT2D eigenvalue weighted by Crippen LogP contribution is -2.35. The predicted octanol–water partition coefficient (Wildman–Crippen LogP) is 2.58. The average molecular weight is 338 g/mol. The Balaban J connectivity index is 1.67. The van der Waals surface area contributed by atoms with E-state index in [1.807, 2.05) is 25.1 Å². The van der Waals surface area contributed by atoms with E-state index in [4.69, 9.17) is 9.15 Å². The van der Waals surface area contributed by atoms with Crippen molar-refractivity contribution in [2.75, 3.05) is 0 Å². The van der Waals surface area contributed by atoms with E-state index in [-0.39, 0.29) is 5.91 Å². The van der Waals surface area contributed by atoms with Crippen molar-refractivity contribution < 1.29 is 13.9 Å². The normalized spacial score (nSPS) is 11.9. The van der Waals surface area contributed by atoms with Crippen LogP contribution in [-0.2, 0) is 11.3 Å². The first-order chi connectivity index (χ1) is 12.0. The minimum atomic E-state index is -0.684. The number of carbonyl (C=O) groups excluding carboxylic acids is 1. The Morgan fingerprint density at radius 1 is 1.24 bits per heavy atom. The van der Waals surface area contributed by atoms with Gasteiger partial charge >= 0.3 is 5.63 Å². The van der Waals surface area contributed by atoms with Crippen molar-refractivity contribution in [2.45, 2.75) is 26.5 Å². The molecule has 0 spiro atoms. The third kappa shape index (κ3) is 4.03. The second kappa shape index (κ2) is 7.17. The third-order valence-electron chi connectivity index (χ3n) is 3.82. The highest BCUT2D eigenvalue weighted by Gasteiger charge is 2.15. The van der Waals surface area contributed by atoms with Gasteiger partial charge in [0.2, 0.25) is 0 Å². The summed E-state index contributed by atoms with van der Waals surface area (Å²) in [6, 6.07) is 10.3. The second-order valence-electron chi connectivity index (χ2n) is 5.74. The Bertz CT molecular complexity index is 951. The first-order valence-electron chi connectivity index (χ1n) is 7.91. The zero-order valence-electron chi connectivity index (χ0n) is 14.0. The van der Waals surface area contributed by atoms with Crippen LogP contribution in [0.4, 0.5) is 0 Å². The van der Waals surface area contributed by atoms with Crippen LogP contribution in [0, 0.1) is 6.92 Å². The minimum Gasteiger partial charge on any atom is -0.481 e. The molecule has 0 radical (unpaired) electrons. The van der Waals surface area contributed by atoms with Gasteiger partial charge in [0.05, 0.1) is 0 Å².